The van der Waals surface area contributed by atoms with E-state index in [1.807, 2.05) is 77.8 Å². The Labute approximate surface area is 223 Å². The van der Waals surface area contributed by atoms with Crippen molar-refractivity contribution in [2.24, 2.45) is 0 Å². The zero-order chi connectivity index (χ0) is 26.3. The van der Waals surface area contributed by atoms with Crippen LogP contribution in [0.2, 0.25) is 0 Å². The fourth-order valence-corrected chi connectivity index (χ4v) is 4.67. The van der Waals surface area contributed by atoms with Crippen LogP contribution in [0.4, 0.5) is 0 Å². The smallest absolute Gasteiger partial charge is 0.258 e. The molecule has 1 aliphatic heterocycles. The van der Waals surface area contributed by atoms with Gasteiger partial charge in [-0.2, -0.15) is 0 Å². The molecule has 6 heteroatoms. The molecule has 4 aromatic carbocycles. The van der Waals surface area contributed by atoms with Crippen molar-refractivity contribution >= 4 is 22.8 Å². The molecule has 1 N–H and O–H groups in total. The molecule has 0 radical (unpaired) electrons. The normalized spacial score (nSPS) is 13.9. The highest BCUT2D eigenvalue weighted by atomic mass is 16.5. The molecular formula is C32H32N2O4. The number of rotatable bonds is 8. The number of amides is 1. The quantitative estimate of drug-likeness (QED) is 0.264. The Bertz CT molecular complexity index is 1440. The molecule has 0 atom stereocenters. The molecule has 0 aliphatic carbocycles. The van der Waals surface area contributed by atoms with Crippen molar-refractivity contribution in [1.29, 1.82) is 0 Å². The maximum Gasteiger partial charge on any atom is 0.258 e. The van der Waals surface area contributed by atoms with Crippen molar-refractivity contribution in [3.05, 3.63) is 90.5 Å². The average molecular weight is 509 g/mol. The van der Waals surface area contributed by atoms with Gasteiger partial charge in [-0.1, -0.05) is 36.8 Å². The molecule has 1 heterocycles. The maximum atomic E-state index is 12.3. The first-order valence-corrected chi connectivity index (χ1v) is 12.9. The minimum atomic E-state index is -0.110. The first-order valence-electron chi connectivity index (χ1n) is 12.9. The van der Waals surface area contributed by atoms with Crippen molar-refractivity contribution in [2.75, 3.05) is 27.3 Å². The van der Waals surface area contributed by atoms with Crippen molar-refractivity contribution < 1.29 is 19.0 Å². The molecule has 1 amide bonds. The highest BCUT2D eigenvalue weighted by molar-refractivity contribution is 5.96. The first-order chi connectivity index (χ1) is 18.6. The molecule has 38 heavy (non-hydrogen) atoms. The minimum absolute atomic E-state index is 0.110. The third kappa shape index (κ3) is 5.98. The molecular weight excluding hydrogens is 476 g/mol. The van der Waals surface area contributed by atoms with Crippen LogP contribution in [-0.4, -0.2) is 38.2 Å². The van der Waals surface area contributed by atoms with E-state index in [1.165, 1.54) is 6.42 Å². The van der Waals surface area contributed by atoms with Crippen molar-refractivity contribution in [2.45, 2.75) is 19.3 Å². The van der Waals surface area contributed by atoms with Crippen molar-refractivity contribution in [3.63, 3.8) is 0 Å². The highest BCUT2D eigenvalue weighted by Crippen LogP contribution is 2.41. The predicted molar refractivity (Wildman–Crippen MR) is 152 cm³/mol. The molecule has 1 aliphatic rings. The van der Waals surface area contributed by atoms with Gasteiger partial charge in [0.25, 0.3) is 5.91 Å². The molecule has 194 valence electrons. The molecule has 1 fully saturated rings. The topological polar surface area (TPSA) is 60.0 Å². The van der Waals surface area contributed by atoms with Crippen molar-refractivity contribution in [1.82, 2.24) is 10.4 Å². The number of methoxy groups -OCH3 is 2. The number of ether oxygens (including phenoxy) is 3. The summed E-state index contributed by atoms with van der Waals surface area (Å²) in [6, 6.07) is 25.8. The van der Waals surface area contributed by atoms with Gasteiger partial charge in [0.05, 0.1) is 14.2 Å². The summed E-state index contributed by atoms with van der Waals surface area (Å²) in [5, 5.41) is 3.99. The summed E-state index contributed by atoms with van der Waals surface area (Å²) in [7, 11) is 3.33. The fraction of sp³-hybridized carbons (Fsp3) is 0.219. The molecule has 1 saturated heterocycles. The lowest BCUT2D eigenvalue weighted by Crippen LogP contribution is -2.44. The van der Waals surface area contributed by atoms with Crippen LogP contribution in [-0.2, 0) is 4.79 Å². The number of nitrogens with one attached hydrogen (secondary N) is 1. The van der Waals surface area contributed by atoms with Gasteiger partial charge in [-0.05, 0) is 84.0 Å². The largest absolute Gasteiger partial charge is 0.497 e. The third-order valence-corrected chi connectivity index (χ3v) is 6.71. The number of carbonyl (C=O) groups excluding carboxylic acids is 1. The lowest BCUT2D eigenvalue weighted by atomic mass is 9.99. The Morgan fingerprint density at radius 2 is 1.55 bits per heavy atom. The zero-order valence-electron chi connectivity index (χ0n) is 21.8. The molecule has 0 bridgehead atoms. The van der Waals surface area contributed by atoms with E-state index in [2.05, 4.69) is 17.6 Å². The van der Waals surface area contributed by atoms with Crippen LogP contribution in [0.15, 0.2) is 84.9 Å². The zero-order valence-corrected chi connectivity index (χ0v) is 21.8. The maximum absolute atomic E-state index is 12.3. The van der Waals surface area contributed by atoms with Gasteiger partial charge in [0, 0.05) is 30.1 Å². The molecule has 5 rings (SSSR count). The van der Waals surface area contributed by atoms with Crippen LogP contribution >= 0.6 is 0 Å². The Morgan fingerprint density at radius 3 is 2.32 bits per heavy atom. The van der Waals surface area contributed by atoms with E-state index >= 15 is 0 Å². The summed E-state index contributed by atoms with van der Waals surface area (Å²) in [5.41, 5.74) is 5.83. The van der Waals surface area contributed by atoms with Crippen LogP contribution < -0.4 is 19.6 Å². The van der Waals surface area contributed by atoms with Crippen LogP contribution in [0.25, 0.3) is 28.0 Å². The number of hydrazine groups is 1. The number of hydrogen-bond donors (Lipinski definition) is 1. The number of carbonyl (C=O) groups is 1. The number of fused-ring (bicyclic) bond motifs is 1. The number of nitrogens with zero attached hydrogens (tertiary/aromatic N) is 1. The fourth-order valence-electron chi connectivity index (χ4n) is 4.67. The Morgan fingerprint density at radius 1 is 0.816 bits per heavy atom. The monoisotopic (exact) mass is 508 g/mol. The lowest BCUT2D eigenvalue weighted by molar-refractivity contribution is -0.121. The lowest BCUT2D eigenvalue weighted by Gasteiger charge is -2.26. The third-order valence-electron chi connectivity index (χ3n) is 6.71. The van der Waals surface area contributed by atoms with Crippen LogP contribution in [0.3, 0.4) is 0 Å². The van der Waals surface area contributed by atoms with E-state index in [9.17, 15) is 4.79 Å². The van der Waals surface area contributed by atoms with Gasteiger partial charge < -0.3 is 14.2 Å². The Balaban J connectivity index is 1.40. The molecule has 0 aromatic heterocycles. The van der Waals surface area contributed by atoms with Crippen LogP contribution in [0, 0.1) is 0 Å². The van der Waals surface area contributed by atoms with Gasteiger partial charge in [-0.25, -0.2) is 5.01 Å². The average Bonchev–Trinajstić information content (AvgIpc) is 2.97. The summed E-state index contributed by atoms with van der Waals surface area (Å²) in [5.74, 6) is 2.91. The summed E-state index contributed by atoms with van der Waals surface area (Å²) in [6.07, 6.45) is 6.85. The van der Waals surface area contributed by atoms with Crippen molar-refractivity contribution in [3.8, 4) is 34.1 Å². The molecule has 4 aromatic rings. The van der Waals surface area contributed by atoms with E-state index in [-0.39, 0.29) is 5.91 Å². The van der Waals surface area contributed by atoms with Gasteiger partial charge >= 0.3 is 0 Å². The second-order valence-corrected chi connectivity index (χ2v) is 9.29. The Kier molecular flexibility index (Phi) is 7.90. The highest BCUT2D eigenvalue weighted by Gasteiger charge is 2.14. The van der Waals surface area contributed by atoms with Crippen LogP contribution in [0.5, 0.6) is 23.0 Å². The summed E-state index contributed by atoms with van der Waals surface area (Å²) < 4.78 is 17.4. The Hall–Kier alpha value is -4.29. The second kappa shape index (κ2) is 11.8. The van der Waals surface area contributed by atoms with E-state index in [4.69, 9.17) is 14.2 Å². The minimum Gasteiger partial charge on any atom is -0.497 e. The number of hydrogen-bond acceptors (Lipinski definition) is 5. The molecule has 0 saturated carbocycles. The standard InChI is InChI=1S/C32H32N2O4/c1-36-27-8-6-7-24(21-27)29-16-12-25-22-28(37-2)15-17-30(25)32(29)38-26-13-9-23(10-14-26)11-18-31(35)33-34-19-4-3-5-20-34/h6-18,21-22H,3-5,19-20H2,1-2H3,(H,33,35). The molecule has 6 nitrogen and oxygen atoms in total. The van der Waals surface area contributed by atoms with Gasteiger partial charge in [0.2, 0.25) is 0 Å². The van der Waals surface area contributed by atoms with Crippen LogP contribution in [0.1, 0.15) is 24.8 Å². The van der Waals surface area contributed by atoms with Gasteiger partial charge in [-0.3, -0.25) is 10.2 Å². The van der Waals surface area contributed by atoms with Gasteiger partial charge in [0.15, 0.2) is 0 Å². The summed E-state index contributed by atoms with van der Waals surface area (Å²) >= 11 is 0. The van der Waals surface area contributed by atoms with Gasteiger partial charge in [-0.15, -0.1) is 0 Å². The summed E-state index contributed by atoms with van der Waals surface area (Å²) in [4.78, 5) is 12.3. The molecule has 0 spiro atoms. The predicted octanol–water partition coefficient (Wildman–Crippen LogP) is 6.85. The van der Waals surface area contributed by atoms with E-state index in [0.717, 1.165) is 70.6 Å². The SMILES string of the molecule is COc1cccc(-c2ccc3cc(OC)ccc3c2Oc2ccc(C=CC(=O)NN3CCCCC3)cc2)c1. The molecule has 0 unspecified atom stereocenters. The van der Waals surface area contributed by atoms with E-state index < -0.39 is 0 Å². The second-order valence-electron chi connectivity index (χ2n) is 9.29. The number of benzene rings is 4. The number of piperidine rings is 1. The summed E-state index contributed by atoms with van der Waals surface area (Å²) in [6.45, 7) is 1.81. The van der Waals surface area contributed by atoms with Gasteiger partial charge in [0.1, 0.15) is 23.0 Å². The first kappa shape index (κ1) is 25.4. The van der Waals surface area contributed by atoms with E-state index in [1.54, 1.807) is 20.3 Å². The van der Waals surface area contributed by atoms with E-state index in [0.29, 0.717) is 5.75 Å².